The Bertz CT molecular complexity index is 366. The summed E-state index contributed by atoms with van der Waals surface area (Å²) in [6, 6.07) is 0. The average Bonchev–Trinajstić information content (AvgIpc) is 2.60. The molecule has 1 aromatic rings. The summed E-state index contributed by atoms with van der Waals surface area (Å²) in [6.07, 6.45) is 3.64. The first-order valence-corrected chi connectivity index (χ1v) is 5.08. The summed E-state index contributed by atoms with van der Waals surface area (Å²) in [5, 5.41) is 13.2. The monoisotopic (exact) mass is 246 g/mol. The van der Waals surface area contributed by atoms with E-state index < -0.39 is 4.92 Å². The molecule has 0 aliphatic carbocycles. The van der Waals surface area contributed by atoms with Crippen LogP contribution in [-0.4, -0.2) is 25.3 Å². The van der Waals surface area contributed by atoms with Gasteiger partial charge in [-0.1, -0.05) is 12.2 Å². The number of hydrogen-bond donors (Lipinski definition) is 2. The van der Waals surface area contributed by atoms with E-state index in [4.69, 9.17) is 12.2 Å². The number of nitrogens with one attached hydrogen (secondary N) is 1. The molecule has 0 saturated carbocycles. The van der Waals surface area contributed by atoms with Crippen molar-refractivity contribution in [1.82, 2.24) is 14.9 Å². The van der Waals surface area contributed by atoms with Crippen molar-refractivity contribution in [3.8, 4) is 0 Å². The van der Waals surface area contributed by atoms with Gasteiger partial charge in [-0.15, -0.1) is 12.6 Å². The van der Waals surface area contributed by atoms with Gasteiger partial charge in [0.1, 0.15) is 10.5 Å². The molecule has 1 rings (SSSR count). The number of nitrogens with zero attached hydrogens (tertiary/aromatic N) is 3. The van der Waals surface area contributed by atoms with Crippen molar-refractivity contribution in [3.63, 3.8) is 0 Å². The number of aryl methyl sites for hydroxylation is 1. The van der Waals surface area contributed by atoms with Crippen LogP contribution >= 0.6 is 24.8 Å². The van der Waals surface area contributed by atoms with Crippen molar-refractivity contribution >= 4 is 35.0 Å². The van der Waals surface area contributed by atoms with Crippen LogP contribution in [0.4, 0.5) is 5.82 Å². The predicted octanol–water partition coefficient (Wildman–Crippen LogP) is 0.986. The fraction of sp³-hybridized carbons (Fsp3) is 0.429. The van der Waals surface area contributed by atoms with Crippen molar-refractivity contribution in [3.05, 3.63) is 22.6 Å². The van der Waals surface area contributed by atoms with Gasteiger partial charge in [-0.05, 0) is 16.3 Å². The third kappa shape index (κ3) is 4.26. The van der Waals surface area contributed by atoms with E-state index in [1.165, 1.54) is 12.5 Å². The van der Waals surface area contributed by atoms with Crippen LogP contribution in [0.5, 0.6) is 0 Å². The van der Waals surface area contributed by atoms with Crippen LogP contribution in [0.3, 0.4) is 0 Å². The number of nitro groups is 1. The molecular formula is C7H10N4O2S2. The molecule has 0 unspecified atom stereocenters. The van der Waals surface area contributed by atoms with Crippen LogP contribution in [0.2, 0.25) is 0 Å². The molecule has 0 aromatic carbocycles. The SMILES string of the molecule is O=[N+]([O-])c1cn(CCCNC(=S)S)cn1. The van der Waals surface area contributed by atoms with E-state index in [-0.39, 0.29) is 5.82 Å². The first kappa shape index (κ1) is 11.9. The summed E-state index contributed by atoms with van der Waals surface area (Å²) in [6.45, 7) is 1.35. The summed E-state index contributed by atoms with van der Waals surface area (Å²) >= 11 is 8.61. The minimum absolute atomic E-state index is 0.132. The maximum Gasteiger partial charge on any atom is 0.381 e. The van der Waals surface area contributed by atoms with Crippen LogP contribution in [0.15, 0.2) is 12.5 Å². The lowest BCUT2D eigenvalue weighted by molar-refractivity contribution is -0.389. The molecule has 1 N–H and O–H groups in total. The molecule has 6 nitrogen and oxygen atoms in total. The lowest BCUT2D eigenvalue weighted by Crippen LogP contribution is -2.18. The quantitative estimate of drug-likeness (QED) is 0.266. The van der Waals surface area contributed by atoms with Crippen LogP contribution in [-0.2, 0) is 6.54 Å². The standard InChI is InChI=1S/C7H10N4O2S2/c12-11(13)6-4-10(5-9-6)3-1-2-8-7(14)15/h4-5H,1-3H2,(H2,8,14,15). The van der Waals surface area contributed by atoms with Gasteiger partial charge in [0, 0.05) is 13.1 Å². The molecule has 0 radical (unpaired) electrons. The largest absolute Gasteiger partial charge is 0.381 e. The Labute approximate surface area is 97.2 Å². The number of thiocarbonyl (C=S) groups is 1. The smallest absolute Gasteiger partial charge is 0.371 e. The highest BCUT2D eigenvalue weighted by Gasteiger charge is 2.08. The summed E-state index contributed by atoms with van der Waals surface area (Å²) in [7, 11) is 0. The number of thiol groups is 1. The first-order valence-electron chi connectivity index (χ1n) is 4.22. The summed E-state index contributed by atoms with van der Waals surface area (Å²) in [5.74, 6) is -0.132. The average molecular weight is 246 g/mol. The molecule has 0 atom stereocenters. The van der Waals surface area contributed by atoms with Gasteiger partial charge in [0.2, 0.25) is 6.33 Å². The molecule has 0 spiro atoms. The highest BCUT2D eigenvalue weighted by Crippen LogP contribution is 2.05. The Hall–Kier alpha value is -1.15. The zero-order valence-electron chi connectivity index (χ0n) is 7.79. The van der Waals surface area contributed by atoms with Gasteiger partial charge in [-0.25, -0.2) is 0 Å². The molecule has 1 heterocycles. The molecule has 0 bridgehead atoms. The van der Waals surface area contributed by atoms with Crippen molar-refractivity contribution in [2.24, 2.45) is 0 Å². The van der Waals surface area contributed by atoms with Gasteiger partial charge in [0.25, 0.3) is 0 Å². The molecular weight excluding hydrogens is 236 g/mol. The molecule has 1 aromatic heterocycles. The van der Waals surface area contributed by atoms with Crippen LogP contribution in [0.25, 0.3) is 0 Å². The Morgan fingerprint density at radius 2 is 2.53 bits per heavy atom. The Kier molecular flexibility index (Phi) is 4.50. The van der Waals surface area contributed by atoms with Gasteiger partial charge >= 0.3 is 5.82 Å². The van der Waals surface area contributed by atoms with E-state index >= 15 is 0 Å². The maximum absolute atomic E-state index is 10.3. The molecule has 8 heteroatoms. The summed E-state index contributed by atoms with van der Waals surface area (Å²) in [4.78, 5) is 13.4. The molecule has 15 heavy (non-hydrogen) atoms. The van der Waals surface area contributed by atoms with Gasteiger partial charge in [0.15, 0.2) is 0 Å². The number of aromatic nitrogens is 2. The normalized spacial score (nSPS) is 9.93. The third-order valence-corrected chi connectivity index (χ3v) is 1.98. The minimum Gasteiger partial charge on any atom is -0.371 e. The molecule has 0 saturated heterocycles. The number of hydrogen-bond acceptors (Lipinski definition) is 4. The van der Waals surface area contributed by atoms with Gasteiger partial charge in [0.05, 0.1) is 0 Å². The van der Waals surface area contributed by atoms with Crippen LogP contribution < -0.4 is 5.32 Å². The predicted molar refractivity (Wildman–Crippen MR) is 63.1 cm³/mol. The van der Waals surface area contributed by atoms with E-state index in [0.717, 1.165) is 6.42 Å². The highest BCUT2D eigenvalue weighted by molar-refractivity contribution is 8.11. The van der Waals surface area contributed by atoms with E-state index in [1.54, 1.807) is 4.57 Å². The number of rotatable bonds is 5. The summed E-state index contributed by atoms with van der Waals surface area (Å²) in [5.41, 5.74) is 0. The first-order chi connectivity index (χ1) is 7.09. The third-order valence-electron chi connectivity index (χ3n) is 1.68. The van der Waals surface area contributed by atoms with Gasteiger partial charge in [-0.2, -0.15) is 0 Å². The lowest BCUT2D eigenvalue weighted by Gasteiger charge is -2.02. The van der Waals surface area contributed by atoms with Crippen LogP contribution in [0, 0.1) is 10.1 Å². The van der Waals surface area contributed by atoms with Crippen molar-refractivity contribution in [2.75, 3.05) is 6.54 Å². The molecule has 0 fully saturated rings. The zero-order valence-corrected chi connectivity index (χ0v) is 9.50. The second-order valence-electron chi connectivity index (χ2n) is 2.81. The number of imidazole rings is 1. The second-order valence-corrected chi connectivity index (χ2v) is 3.97. The van der Waals surface area contributed by atoms with Gasteiger partial charge in [-0.3, -0.25) is 0 Å². The molecule has 82 valence electrons. The maximum atomic E-state index is 10.3. The fourth-order valence-electron chi connectivity index (χ4n) is 1.02. The zero-order chi connectivity index (χ0) is 11.3. The lowest BCUT2D eigenvalue weighted by atomic mass is 10.4. The Morgan fingerprint density at radius 1 is 1.80 bits per heavy atom. The van der Waals surface area contributed by atoms with Crippen molar-refractivity contribution in [1.29, 1.82) is 0 Å². The topological polar surface area (TPSA) is 73.0 Å². The van der Waals surface area contributed by atoms with Gasteiger partial charge < -0.3 is 20.0 Å². The van der Waals surface area contributed by atoms with E-state index in [1.807, 2.05) is 0 Å². The fourth-order valence-corrected chi connectivity index (χ4v) is 1.24. The Morgan fingerprint density at radius 3 is 3.07 bits per heavy atom. The molecule has 0 aliphatic rings. The Balaban J connectivity index is 2.31. The van der Waals surface area contributed by atoms with Crippen molar-refractivity contribution in [2.45, 2.75) is 13.0 Å². The van der Waals surface area contributed by atoms with Crippen molar-refractivity contribution < 1.29 is 4.92 Å². The molecule has 0 aliphatic heterocycles. The van der Waals surface area contributed by atoms with Crippen LogP contribution in [0.1, 0.15) is 6.42 Å². The molecule has 0 amide bonds. The second kappa shape index (κ2) is 5.66. The van der Waals surface area contributed by atoms with E-state index in [2.05, 4.69) is 22.9 Å². The van der Waals surface area contributed by atoms with E-state index in [9.17, 15) is 10.1 Å². The van der Waals surface area contributed by atoms with E-state index in [0.29, 0.717) is 17.4 Å². The summed E-state index contributed by atoms with van der Waals surface area (Å²) < 4.78 is 2.12. The highest BCUT2D eigenvalue weighted by atomic mass is 32.1. The minimum atomic E-state index is -0.516.